The number of hydrogen-bond acceptors (Lipinski definition) is 2. The molecule has 0 aliphatic rings. The molecule has 0 saturated heterocycles. The molecular formula is C14H22N2. The highest BCUT2D eigenvalue weighted by Gasteiger charge is 1.93. The van der Waals surface area contributed by atoms with Crippen LogP contribution >= 0.6 is 0 Å². The van der Waals surface area contributed by atoms with Gasteiger partial charge in [-0.25, -0.2) is 0 Å². The van der Waals surface area contributed by atoms with E-state index in [9.17, 15) is 0 Å². The fourth-order valence-electron chi connectivity index (χ4n) is 1.49. The van der Waals surface area contributed by atoms with E-state index in [1.165, 1.54) is 11.1 Å². The van der Waals surface area contributed by atoms with E-state index < -0.39 is 0 Å². The van der Waals surface area contributed by atoms with Crippen LogP contribution in [0.1, 0.15) is 24.0 Å². The third-order valence-electron chi connectivity index (χ3n) is 2.64. The van der Waals surface area contributed by atoms with Crippen LogP contribution in [-0.4, -0.2) is 13.6 Å². The van der Waals surface area contributed by atoms with Gasteiger partial charge in [0.05, 0.1) is 0 Å². The van der Waals surface area contributed by atoms with E-state index in [0.717, 1.165) is 31.6 Å². The first-order chi connectivity index (χ1) is 7.72. The van der Waals surface area contributed by atoms with Crippen molar-refractivity contribution in [1.82, 2.24) is 10.6 Å². The van der Waals surface area contributed by atoms with Crippen molar-refractivity contribution in [2.45, 2.75) is 26.3 Å². The summed E-state index contributed by atoms with van der Waals surface area (Å²) in [5, 5.41) is 6.49. The van der Waals surface area contributed by atoms with Crippen molar-refractivity contribution in [3.63, 3.8) is 0 Å². The summed E-state index contributed by atoms with van der Waals surface area (Å²) < 4.78 is 0. The quantitative estimate of drug-likeness (QED) is 0.687. The zero-order valence-corrected chi connectivity index (χ0v) is 10.3. The van der Waals surface area contributed by atoms with Crippen LogP contribution < -0.4 is 10.6 Å². The summed E-state index contributed by atoms with van der Waals surface area (Å²) in [5.74, 6) is 0. The van der Waals surface area contributed by atoms with E-state index in [0.29, 0.717) is 0 Å². The molecule has 0 atom stereocenters. The average molecular weight is 218 g/mol. The Bertz CT molecular complexity index is 314. The highest BCUT2D eigenvalue weighted by molar-refractivity contribution is 5.20. The highest BCUT2D eigenvalue weighted by atomic mass is 14.9. The van der Waals surface area contributed by atoms with Crippen molar-refractivity contribution in [3.05, 3.63) is 47.7 Å². The highest BCUT2D eigenvalue weighted by Crippen LogP contribution is 2.02. The van der Waals surface area contributed by atoms with Crippen LogP contribution in [0, 0.1) is 6.92 Å². The Morgan fingerprint density at radius 3 is 2.56 bits per heavy atom. The van der Waals surface area contributed by atoms with Crippen LogP contribution in [0.25, 0.3) is 0 Å². The van der Waals surface area contributed by atoms with Crippen LogP contribution in [0.2, 0.25) is 0 Å². The normalized spacial score (nSPS) is 10.1. The predicted molar refractivity (Wildman–Crippen MR) is 70.3 cm³/mol. The maximum atomic E-state index is 3.90. The molecule has 88 valence electrons. The Hall–Kier alpha value is -1.28. The molecule has 2 N–H and O–H groups in total. The van der Waals surface area contributed by atoms with Gasteiger partial charge < -0.3 is 10.6 Å². The van der Waals surface area contributed by atoms with Crippen molar-refractivity contribution < 1.29 is 0 Å². The summed E-state index contributed by atoms with van der Waals surface area (Å²) in [6.07, 6.45) is 2.17. The molecule has 1 rings (SSSR count). The SMILES string of the molecule is C=C(CCCNCc1ccc(C)cc1)NC. The van der Waals surface area contributed by atoms with E-state index in [2.05, 4.69) is 48.4 Å². The second-order valence-electron chi connectivity index (χ2n) is 4.12. The van der Waals surface area contributed by atoms with Crippen molar-refractivity contribution in [2.75, 3.05) is 13.6 Å². The van der Waals surface area contributed by atoms with E-state index in [-0.39, 0.29) is 0 Å². The Balaban J connectivity index is 2.11. The van der Waals surface area contributed by atoms with Crippen LogP contribution in [-0.2, 0) is 6.54 Å². The number of aryl methyl sites for hydroxylation is 1. The summed E-state index contributed by atoms with van der Waals surface area (Å²) in [4.78, 5) is 0. The van der Waals surface area contributed by atoms with Gasteiger partial charge >= 0.3 is 0 Å². The third-order valence-corrected chi connectivity index (χ3v) is 2.64. The monoisotopic (exact) mass is 218 g/mol. The molecule has 0 bridgehead atoms. The lowest BCUT2D eigenvalue weighted by Crippen LogP contribution is -2.15. The molecule has 0 spiro atoms. The summed E-state index contributed by atoms with van der Waals surface area (Å²) in [5.41, 5.74) is 3.77. The zero-order chi connectivity index (χ0) is 11.8. The molecule has 0 saturated carbocycles. The minimum Gasteiger partial charge on any atom is -0.392 e. The lowest BCUT2D eigenvalue weighted by Gasteiger charge is -2.06. The maximum Gasteiger partial charge on any atom is 0.0205 e. The molecule has 0 fully saturated rings. The van der Waals surface area contributed by atoms with Crippen LogP contribution in [0.3, 0.4) is 0 Å². The third kappa shape index (κ3) is 4.99. The zero-order valence-electron chi connectivity index (χ0n) is 10.3. The van der Waals surface area contributed by atoms with Crippen LogP contribution in [0.5, 0.6) is 0 Å². The largest absolute Gasteiger partial charge is 0.392 e. The predicted octanol–water partition coefficient (Wildman–Crippen LogP) is 2.60. The van der Waals surface area contributed by atoms with Gasteiger partial charge in [-0.3, -0.25) is 0 Å². The van der Waals surface area contributed by atoms with Crippen molar-refractivity contribution in [1.29, 1.82) is 0 Å². The van der Waals surface area contributed by atoms with Gasteiger partial charge in [0.15, 0.2) is 0 Å². The van der Waals surface area contributed by atoms with Crippen molar-refractivity contribution in [3.8, 4) is 0 Å². The Morgan fingerprint density at radius 1 is 1.25 bits per heavy atom. The number of nitrogens with one attached hydrogen (secondary N) is 2. The van der Waals surface area contributed by atoms with Crippen molar-refractivity contribution in [2.24, 2.45) is 0 Å². The smallest absolute Gasteiger partial charge is 0.0205 e. The molecule has 2 heteroatoms. The van der Waals surface area contributed by atoms with Gasteiger partial charge in [0.25, 0.3) is 0 Å². The molecule has 0 aliphatic carbocycles. The van der Waals surface area contributed by atoms with Gasteiger partial charge in [-0.2, -0.15) is 0 Å². The molecule has 1 aromatic carbocycles. The van der Waals surface area contributed by atoms with E-state index in [1.54, 1.807) is 0 Å². The van der Waals surface area contributed by atoms with Crippen molar-refractivity contribution >= 4 is 0 Å². The second kappa shape index (κ2) is 7.07. The molecule has 0 heterocycles. The Kier molecular flexibility index (Phi) is 5.65. The minimum atomic E-state index is 0.951. The molecule has 0 aliphatic heterocycles. The van der Waals surface area contributed by atoms with Gasteiger partial charge in [0, 0.05) is 19.3 Å². The Morgan fingerprint density at radius 2 is 1.94 bits per heavy atom. The lowest BCUT2D eigenvalue weighted by atomic mass is 10.1. The number of allylic oxidation sites excluding steroid dienone is 1. The summed E-state index contributed by atoms with van der Waals surface area (Å²) in [7, 11) is 1.92. The molecule has 0 radical (unpaired) electrons. The standard InChI is InChI=1S/C14H22N2/c1-12-6-8-14(9-7-12)11-16-10-4-5-13(2)15-3/h6-9,15-16H,2,4-5,10-11H2,1,3H3. The molecule has 0 amide bonds. The van der Waals surface area contributed by atoms with E-state index in [1.807, 2.05) is 7.05 Å². The lowest BCUT2D eigenvalue weighted by molar-refractivity contribution is 0.638. The molecule has 2 nitrogen and oxygen atoms in total. The summed E-state index contributed by atoms with van der Waals surface area (Å²) in [6.45, 7) is 8.00. The molecule has 0 aromatic heterocycles. The maximum absolute atomic E-state index is 3.90. The fourth-order valence-corrected chi connectivity index (χ4v) is 1.49. The summed E-state index contributed by atoms with van der Waals surface area (Å²) in [6, 6.07) is 8.66. The van der Waals surface area contributed by atoms with E-state index >= 15 is 0 Å². The molecule has 1 aromatic rings. The van der Waals surface area contributed by atoms with Crippen LogP contribution in [0.4, 0.5) is 0 Å². The second-order valence-corrected chi connectivity index (χ2v) is 4.12. The van der Waals surface area contributed by atoms with E-state index in [4.69, 9.17) is 0 Å². The van der Waals surface area contributed by atoms with Crippen LogP contribution in [0.15, 0.2) is 36.5 Å². The topological polar surface area (TPSA) is 24.1 Å². The Labute approximate surface area is 98.8 Å². The van der Waals surface area contributed by atoms with Gasteiger partial charge in [-0.15, -0.1) is 0 Å². The number of hydrogen-bond donors (Lipinski definition) is 2. The first-order valence-electron chi connectivity index (χ1n) is 5.84. The number of benzene rings is 1. The van der Waals surface area contributed by atoms with Gasteiger partial charge in [-0.1, -0.05) is 36.4 Å². The summed E-state index contributed by atoms with van der Waals surface area (Å²) >= 11 is 0. The first-order valence-corrected chi connectivity index (χ1v) is 5.84. The molecule has 0 unspecified atom stereocenters. The molecular weight excluding hydrogens is 196 g/mol. The molecule has 16 heavy (non-hydrogen) atoms. The van der Waals surface area contributed by atoms with Gasteiger partial charge in [0.1, 0.15) is 0 Å². The first kappa shape index (κ1) is 12.8. The number of rotatable bonds is 7. The average Bonchev–Trinajstić information content (AvgIpc) is 2.31. The minimum absolute atomic E-state index is 0.951. The fraction of sp³-hybridized carbons (Fsp3) is 0.429. The van der Waals surface area contributed by atoms with Gasteiger partial charge in [0.2, 0.25) is 0 Å². The van der Waals surface area contributed by atoms with Gasteiger partial charge in [-0.05, 0) is 31.9 Å².